The molecule has 25 heavy (non-hydrogen) atoms. The number of fused-ring (bicyclic) bond motifs is 1. The number of carbonyl (C=O) groups excluding carboxylic acids is 1. The molecule has 0 aliphatic rings. The number of hydrogen-bond donors (Lipinski definition) is 0. The standard InChI is InChI=1S/C19H18N2O4/c1-12-8-9-16(24-3)13(10-12)11-25-19(23)17-14-6-4-5-7-15(14)18(22)21(2)20-17/h4-10H,11H2,1-3H3. The Morgan fingerprint density at radius 2 is 1.88 bits per heavy atom. The van der Waals surface area contributed by atoms with E-state index in [2.05, 4.69) is 5.10 Å². The summed E-state index contributed by atoms with van der Waals surface area (Å²) in [6, 6.07) is 12.5. The van der Waals surface area contributed by atoms with Crippen LogP contribution in [-0.2, 0) is 18.4 Å². The van der Waals surface area contributed by atoms with Crippen molar-refractivity contribution in [2.24, 2.45) is 7.05 Å². The van der Waals surface area contributed by atoms with Crippen LogP contribution in [0.25, 0.3) is 10.8 Å². The van der Waals surface area contributed by atoms with Gasteiger partial charge in [-0.05, 0) is 25.1 Å². The highest BCUT2D eigenvalue weighted by Crippen LogP contribution is 2.21. The number of esters is 1. The third-order valence-electron chi connectivity index (χ3n) is 3.94. The summed E-state index contributed by atoms with van der Waals surface area (Å²) in [6.45, 7) is 2.01. The number of ether oxygens (including phenoxy) is 2. The second kappa shape index (κ2) is 6.76. The van der Waals surface area contributed by atoms with Gasteiger partial charge in [0, 0.05) is 18.0 Å². The van der Waals surface area contributed by atoms with Crippen LogP contribution < -0.4 is 10.3 Å². The molecule has 0 spiro atoms. The minimum atomic E-state index is -0.588. The minimum absolute atomic E-state index is 0.0581. The first-order valence-corrected chi connectivity index (χ1v) is 7.78. The van der Waals surface area contributed by atoms with Gasteiger partial charge in [0.15, 0.2) is 5.69 Å². The predicted octanol–water partition coefficient (Wildman–Crippen LogP) is 2.61. The van der Waals surface area contributed by atoms with E-state index in [0.29, 0.717) is 16.5 Å². The van der Waals surface area contributed by atoms with Crippen LogP contribution in [0.2, 0.25) is 0 Å². The first-order chi connectivity index (χ1) is 12.0. The number of benzene rings is 2. The SMILES string of the molecule is COc1ccc(C)cc1COC(=O)c1nn(C)c(=O)c2ccccc12. The minimum Gasteiger partial charge on any atom is -0.496 e. The fraction of sp³-hybridized carbons (Fsp3) is 0.211. The van der Waals surface area contributed by atoms with Crippen molar-refractivity contribution in [3.05, 3.63) is 69.6 Å². The second-order valence-electron chi connectivity index (χ2n) is 5.71. The van der Waals surface area contributed by atoms with Crippen molar-refractivity contribution < 1.29 is 14.3 Å². The first kappa shape index (κ1) is 16.7. The average Bonchev–Trinajstić information content (AvgIpc) is 2.63. The van der Waals surface area contributed by atoms with Gasteiger partial charge in [-0.2, -0.15) is 5.10 Å². The molecule has 0 atom stereocenters. The molecule has 0 bridgehead atoms. The van der Waals surface area contributed by atoms with Gasteiger partial charge in [-0.15, -0.1) is 0 Å². The maximum Gasteiger partial charge on any atom is 0.359 e. The summed E-state index contributed by atoms with van der Waals surface area (Å²) in [5.74, 6) is 0.0621. The zero-order valence-electron chi connectivity index (χ0n) is 14.3. The topological polar surface area (TPSA) is 70.4 Å². The van der Waals surface area contributed by atoms with Gasteiger partial charge in [0.25, 0.3) is 5.56 Å². The van der Waals surface area contributed by atoms with Crippen LogP contribution >= 0.6 is 0 Å². The smallest absolute Gasteiger partial charge is 0.359 e. The van der Waals surface area contributed by atoms with Gasteiger partial charge >= 0.3 is 5.97 Å². The molecule has 0 saturated heterocycles. The average molecular weight is 338 g/mol. The molecule has 3 aromatic rings. The van der Waals surface area contributed by atoms with Crippen molar-refractivity contribution >= 4 is 16.7 Å². The largest absolute Gasteiger partial charge is 0.496 e. The van der Waals surface area contributed by atoms with E-state index in [1.807, 2.05) is 25.1 Å². The monoisotopic (exact) mass is 338 g/mol. The Morgan fingerprint density at radius 1 is 1.16 bits per heavy atom. The number of hydrogen-bond acceptors (Lipinski definition) is 5. The van der Waals surface area contributed by atoms with Gasteiger partial charge < -0.3 is 9.47 Å². The molecule has 128 valence electrons. The second-order valence-corrected chi connectivity index (χ2v) is 5.71. The lowest BCUT2D eigenvalue weighted by Crippen LogP contribution is -2.23. The highest BCUT2D eigenvalue weighted by atomic mass is 16.5. The Morgan fingerprint density at radius 3 is 2.60 bits per heavy atom. The summed E-state index contributed by atoms with van der Waals surface area (Å²) < 4.78 is 11.9. The lowest BCUT2D eigenvalue weighted by atomic mass is 10.1. The maximum atomic E-state index is 12.5. The molecule has 6 heteroatoms. The number of carbonyl (C=O) groups is 1. The Labute approximate surface area is 144 Å². The molecular formula is C19H18N2O4. The van der Waals surface area contributed by atoms with Crippen molar-refractivity contribution in [3.8, 4) is 5.75 Å². The van der Waals surface area contributed by atoms with Crippen molar-refractivity contribution in [2.75, 3.05) is 7.11 Å². The molecule has 0 N–H and O–H groups in total. The van der Waals surface area contributed by atoms with E-state index in [1.54, 1.807) is 31.4 Å². The van der Waals surface area contributed by atoms with Gasteiger partial charge in [-0.25, -0.2) is 9.48 Å². The molecule has 0 aliphatic carbocycles. The number of rotatable bonds is 4. The van der Waals surface area contributed by atoms with Crippen molar-refractivity contribution in [3.63, 3.8) is 0 Å². The summed E-state index contributed by atoms with van der Waals surface area (Å²) in [5, 5.41) is 4.98. The molecule has 3 rings (SSSR count). The lowest BCUT2D eigenvalue weighted by Gasteiger charge is -2.11. The summed E-state index contributed by atoms with van der Waals surface area (Å²) in [6.07, 6.45) is 0. The van der Waals surface area contributed by atoms with E-state index in [1.165, 1.54) is 7.05 Å². The van der Waals surface area contributed by atoms with Crippen LogP contribution in [0.1, 0.15) is 21.6 Å². The van der Waals surface area contributed by atoms with E-state index in [0.717, 1.165) is 15.8 Å². The molecular weight excluding hydrogens is 320 g/mol. The third kappa shape index (κ3) is 3.24. The first-order valence-electron chi connectivity index (χ1n) is 7.78. The quantitative estimate of drug-likeness (QED) is 0.684. The van der Waals surface area contributed by atoms with Crippen LogP contribution in [-0.4, -0.2) is 22.9 Å². The van der Waals surface area contributed by atoms with Gasteiger partial charge in [0.1, 0.15) is 12.4 Å². The van der Waals surface area contributed by atoms with Gasteiger partial charge in [0.05, 0.1) is 12.5 Å². The van der Waals surface area contributed by atoms with E-state index < -0.39 is 5.97 Å². The van der Waals surface area contributed by atoms with E-state index in [-0.39, 0.29) is 17.9 Å². The van der Waals surface area contributed by atoms with Gasteiger partial charge in [-0.1, -0.05) is 29.8 Å². The molecule has 0 radical (unpaired) electrons. The summed E-state index contributed by atoms with van der Waals surface area (Å²) in [7, 11) is 3.08. The normalized spacial score (nSPS) is 10.7. The molecule has 0 amide bonds. The van der Waals surface area contributed by atoms with Crippen molar-refractivity contribution in [2.45, 2.75) is 13.5 Å². The third-order valence-corrected chi connectivity index (χ3v) is 3.94. The Kier molecular flexibility index (Phi) is 4.52. The number of methoxy groups -OCH3 is 1. The van der Waals surface area contributed by atoms with E-state index in [4.69, 9.17) is 9.47 Å². The summed E-state index contributed by atoms with van der Waals surface area (Å²) in [5.41, 5.74) is 1.67. The van der Waals surface area contributed by atoms with Crippen LogP contribution in [0.3, 0.4) is 0 Å². The fourth-order valence-electron chi connectivity index (χ4n) is 2.68. The van der Waals surface area contributed by atoms with Crippen molar-refractivity contribution in [1.29, 1.82) is 0 Å². The zero-order valence-corrected chi connectivity index (χ0v) is 14.3. The van der Waals surface area contributed by atoms with Crippen LogP contribution in [0.4, 0.5) is 0 Å². The molecule has 6 nitrogen and oxygen atoms in total. The molecule has 1 heterocycles. The summed E-state index contributed by atoms with van der Waals surface area (Å²) in [4.78, 5) is 24.7. The predicted molar refractivity (Wildman–Crippen MR) is 93.8 cm³/mol. The molecule has 0 unspecified atom stereocenters. The molecule has 1 aromatic heterocycles. The van der Waals surface area contributed by atoms with Crippen LogP contribution in [0, 0.1) is 6.92 Å². The molecule has 0 saturated carbocycles. The molecule has 0 fully saturated rings. The lowest BCUT2D eigenvalue weighted by molar-refractivity contribution is 0.0463. The maximum absolute atomic E-state index is 12.5. The molecule has 2 aromatic carbocycles. The van der Waals surface area contributed by atoms with E-state index in [9.17, 15) is 9.59 Å². The highest BCUT2D eigenvalue weighted by molar-refractivity contribution is 6.02. The van der Waals surface area contributed by atoms with E-state index >= 15 is 0 Å². The van der Waals surface area contributed by atoms with Crippen LogP contribution in [0.5, 0.6) is 5.75 Å². The summed E-state index contributed by atoms with van der Waals surface area (Å²) >= 11 is 0. The number of aryl methyl sites for hydroxylation is 2. The van der Waals surface area contributed by atoms with Crippen molar-refractivity contribution in [1.82, 2.24) is 9.78 Å². The van der Waals surface area contributed by atoms with Gasteiger partial charge in [0.2, 0.25) is 0 Å². The zero-order chi connectivity index (χ0) is 18.0. The number of aromatic nitrogens is 2. The highest BCUT2D eigenvalue weighted by Gasteiger charge is 2.17. The Hall–Kier alpha value is -3.15. The molecule has 0 aliphatic heterocycles. The number of nitrogens with zero attached hydrogens (tertiary/aromatic N) is 2. The Balaban J connectivity index is 1.93. The van der Waals surface area contributed by atoms with Gasteiger partial charge in [-0.3, -0.25) is 4.79 Å². The fourth-order valence-corrected chi connectivity index (χ4v) is 2.68. The Bertz CT molecular complexity index is 1010. The van der Waals surface area contributed by atoms with Crippen LogP contribution in [0.15, 0.2) is 47.3 Å².